The number of aromatic nitrogens is 4. The molecule has 1 aliphatic rings. The van der Waals surface area contributed by atoms with Crippen molar-refractivity contribution in [2.24, 2.45) is 0 Å². The van der Waals surface area contributed by atoms with Gasteiger partial charge in [0.15, 0.2) is 11.5 Å². The van der Waals surface area contributed by atoms with Crippen LogP contribution in [0.25, 0.3) is 17.0 Å². The first-order valence-electron chi connectivity index (χ1n) is 9.75. The van der Waals surface area contributed by atoms with Crippen molar-refractivity contribution in [3.05, 3.63) is 77.5 Å². The molecule has 3 aromatic heterocycles. The van der Waals surface area contributed by atoms with Crippen molar-refractivity contribution < 1.29 is 13.6 Å². The van der Waals surface area contributed by atoms with Gasteiger partial charge in [0.1, 0.15) is 23.2 Å². The highest BCUT2D eigenvalue weighted by Gasteiger charge is 2.27. The lowest BCUT2D eigenvalue weighted by Crippen LogP contribution is -2.25. The van der Waals surface area contributed by atoms with Gasteiger partial charge >= 0.3 is 0 Å². The lowest BCUT2D eigenvalue weighted by molar-refractivity contribution is 0.0948. The highest BCUT2D eigenvalue weighted by atomic mass is 19.1. The average molecular weight is 407 g/mol. The molecule has 0 unspecified atom stereocenters. The lowest BCUT2D eigenvalue weighted by Gasteiger charge is -2.06. The van der Waals surface area contributed by atoms with Crippen molar-refractivity contribution in [1.29, 1.82) is 0 Å². The summed E-state index contributed by atoms with van der Waals surface area (Å²) in [6, 6.07) is 9.32. The molecule has 0 atom stereocenters. The van der Waals surface area contributed by atoms with Gasteiger partial charge in [0.05, 0.1) is 12.1 Å². The minimum atomic E-state index is -0.611. The fraction of sp³-hybridized carbons (Fsp3) is 0.227. The maximum Gasteiger partial charge on any atom is 0.272 e. The molecule has 1 N–H and O–H groups in total. The summed E-state index contributed by atoms with van der Waals surface area (Å²) >= 11 is 0. The summed E-state index contributed by atoms with van der Waals surface area (Å²) in [5, 5.41) is 2.97. The van der Waals surface area contributed by atoms with Crippen molar-refractivity contribution >= 4 is 11.4 Å². The van der Waals surface area contributed by atoms with Crippen molar-refractivity contribution in [2.75, 3.05) is 0 Å². The monoisotopic (exact) mass is 407 g/mol. The summed E-state index contributed by atoms with van der Waals surface area (Å²) in [7, 11) is 0. The standard InChI is InChI=1S/C22H19F2N5O/c1-13-25-18(12-28(13)11-14-5-6-15(23)10-17(14)24)21-27-20(22(30)26-16-7-8-16)19-4-2-3-9-29(19)21/h2-6,9-10,12,16H,7-8,11H2,1H3,(H,26,30). The van der Waals surface area contributed by atoms with E-state index in [1.807, 2.05) is 28.8 Å². The molecular formula is C22H19F2N5O. The van der Waals surface area contributed by atoms with Crippen LogP contribution in [0.5, 0.6) is 0 Å². The second-order valence-electron chi connectivity index (χ2n) is 7.52. The van der Waals surface area contributed by atoms with Gasteiger partial charge in [-0.25, -0.2) is 18.7 Å². The van der Waals surface area contributed by atoms with Crippen molar-refractivity contribution in [3.63, 3.8) is 0 Å². The molecule has 6 nitrogen and oxygen atoms in total. The quantitative estimate of drug-likeness (QED) is 0.548. The average Bonchev–Trinajstić information content (AvgIpc) is 3.33. The number of amides is 1. The summed E-state index contributed by atoms with van der Waals surface area (Å²) in [5.41, 5.74) is 1.99. The van der Waals surface area contributed by atoms with E-state index in [9.17, 15) is 13.6 Å². The van der Waals surface area contributed by atoms with Gasteiger partial charge in [0.2, 0.25) is 0 Å². The number of pyridine rings is 1. The highest BCUT2D eigenvalue weighted by Crippen LogP contribution is 2.25. The fourth-order valence-corrected chi connectivity index (χ4v) is 3.48. The Bertz CT molecular complexity index is 1270. The van der Waals surface area contributed by atoms with E-state index in [4.69, 9.17) is 0 Å². The third-order valence-corrected chi connectivity index (χ3v) is 5.24. The van der Waals surface area contributed by atoms with Crippen molar-refractivity contribution in [3.8, 4) is 11.5 Å². The third kappa shape index (κ3) is 3.34. The normalized spacial score (nSPS) is 13.7. The molecule has 1 amide bonds. The summed E-state index contributed by atoms with van der Waals surface area (Å²) in [6.07, 6.45) is 5.59. The zero-order chi connectivity index (χ0) is 20.8. The molecule has 5 rings (SSSR count). The molecule has 30 heavy (non-hydrogen) atoms. The number of hydrogen-bond donors (Lipinski definition) is 1. The second-order valence-corrected chi connectivity index (χ2v) is 7.52. The zero-order valence-electron chi connectivity index (χ0n) is 16.3. The Morgan fingerprint density at radius 2 is 2.03 bits per heavy atom. The molecule has 4 aromatic rings. The van der Waals surface area contributed by atoms with Gasteiger partial charge in [-0.2, -0.15) is 0 Å². The van der Waals surface area contributed by atoms with Gasteiger partial charge in [0, 0.05) is 30.1 Å². The van der Waals surface area contributed by atoms with Gasteiger partial charge < -0.3 is 9.88 Å². The van der Waals surface area contributed by atoms with Crippen molar-refractivity contribution in [2.45, 2.75) is 32.4 Å². The molecule has 0 radical (unpaired) electrons. The maximum atomic E-state index is 14.1. The number of carbonyl (C=O) groups excluding carboxylic acids is 1. The summed E-state index contributed by atoms with van der Waals surface area (Å²) < 4.78 is 30.9. The van der Waals surface area contributed by atoms with E-state index in [1.54, 1.807) is 17.7 Å². The van der Waals surface area contributed by atoms with E-state index in [1.165, 1.54) is 12.1 Å². The molecular weight excluding hydrogens is 388 g/mol. The number of hydrogen-bond acceptors (Lipinski definition) is 3. The first-order valence-corrected chi connectivity index (χ1v) is 9.75. The van der Waals surface area contributed by atoms with Crippen LogP contribution in [0, 0.1) is 18.6 Å². The Morgan fingerprint density at radius 1 is 1.20 bits per heavy atom. The third-order valence-electron chi connectivity index (χ3n) is 5.24. The van der Waals surface area contributed by atoms with Gasteiger partial charge in [-0.1, -0.05) is 12.1 Å². The van der Waals surface area contributed by atoms with Crippen LogP contribution in [0.15, 0.2) is 48.8 Å². The fourth-order valence-electron chi connectivity index (χ4n) is 3.48. The van der Waals surface area contributed by atoms with E-state index in [0.29, 0.717) is 34.1 Å². The molecule has 3 heterocycles. The number of rotatable bonds is 5. The Hall–Kier alpha value is -3.55. The van der Waals surface area contributed by atoms with Gasteiger partial charge in [-0.15, -0.1) is 0 Å². The zero-order valence-corrected chi connectivity index (χ0v) is 16.3. The number of aryl methyl sites for hydroxylation is 1. The molecule has 0 spiro atoms. The Kier molecular flexibility index (Phi) is 4.34. The smallest absolute Gasteiger partial charge is 0.272 e. The minimum absolute atomic E-state index is 0.197. The van der Waals surface area contributed by atoms with E-state index >= 15 is 0 Å². The number of nitrogens with one attached hydrogen (secondary N) is 1. The number of fused-ring (bicyclic) bond motifs is 1. The molecule has 0 saturated heterocycles. The topological polar surface area (TPSA) is 64.2 Å². The Morgan fingerprint density at radius 3 is 2.80 bits per heavy atom. The Labute approximate surface area is 171 Å². The van der Waals surface area contributed by atoms with Gasteiger partial charge in [-0.05, 0) is 38.0 Å². The van der Waals surface area contributed by atoms with Crippen LogP contribution in [0.1, 0.15) is 34.7 Å². The molecule has 1 saturated carbocycles. The molecule has 0 aliphatic heterocycles. The number of nitrogens with zero attached hydrogens (tertiary/aromatic N) is 4. The number of halogens is 2. The van der Waals surface area contributed by atoms with E-state index in [2.05, 4.69) is 15.3 Å². The highest BCUT2D eigenvalue weighted by molar-refractivity contribution is 6.00. The summed E-state index contributed by atoms with van der Waals surface area (Å²) in [4.78, 5) is 21.8. The van der Waals surface area contributed by atoms with Crippen molar-refractivity contribution in [1.82, 2.24) is 24.3 Å². The predicted octanol–water partition coefficient (Wildman–Crippen LogP) is 3.72. The molecule has 152 valence electrons. The first kappa shape index (κ1) is 18.5. The molecule has 8 heteroatoms. The molecule has 1 aromatic carbocycles. The van der Waals surface area contributed by atoms with Crippen LogP contribution in [-0.2, 0) is 6.54 Å². The van der Waals surface area contributed by atoms with Crippen LogP contribution in [0.3, 0.4) is 0 Å². The number of carbonyl (C=O) groups is 1. The first-order chi connectivity index (χ1) is 14.5. The molecule has 1 fully saturated rings. The van der Waals surface area contributed by atoms with Crippen LogP contribution in [0.4, 0.5) is 8.78 Å². The predicted molar refractivity (Wildman–Crippen MR) is 107 cm³/mol. The van der Waals surface area contributed by atoms with Crippen LogP contribution in [-0.4, -0.2) is 30.9 Å². The second kappa shape index (κ2) is 7.05. The SMILES string of the molecule is Cc1nc(-c2nc(C(=O)NC3CC3)c3ccccn23)cn1Cc1ccc(F)cc1F. The van der Waals surface area contributed by atoms with E-state index < -0.39 is 11.6 Å². The Balaban J connectivity index is 1.53. The maximum absolute atomic E-state index is 14.1. The summed E-state index contributed by atoms with van der Waals surface area (Å²) in [6.45, 7) is 2.02. The van der Waals surface area contributed by atoms with E-state index in [-0.39, 0.29) is 18.5 Å². The molecule has 0 bridgehead atoms. The van der Waals surface area contributed by atoms with Crippen LogP contribution >= 0.6 is 0 Å². The lowest BCUT2D eigenvalue weighted by atomic mass is 10.2. The molecule has 1 aliphatic carbocycles. The van der Waals surface area contributed by atoms with Gasteiger partial charge in [0.25, 0.3) is 5.91 Å². The number of imidazole rings is 2. The number of benzene rings is 1. The summed E-state index contributed by atoms with van der Waals surface area (Å²) in [5.74, 6) is -0.217. The van der Waals surface area contributed by atoms with Gasteiger partial charge in [-0.3, -0.25) is 9.20 Å². The van der Waals surface area contributed by atoms with E-state index in [0.717, 1.165) is 18.9 Å². The minimum Gasteiger partial charge on any atom is -0.348 e. The van der Waals surface area contributed by atoms with Crippen LogP contribution < -0.4 is 5.32 Å². The largest absolute Gasteiger partial charge is 0.348 e. The van der Waals surface area contributed by atoms with Crippen LogP contribution in [0.2, 0.25) is 0 Å².